The second kappa shape index (κ2) is 62.0. The number of rotatable bonds is 40. The van der Waals surface area contributed by atoms with Crippen molar-refractivity contribution in [2.24, 2.45) is 25.5 Å². The van der Waals surface area contributed by atoms with Gasteiger partial charge in [-0.05, 0) is 103 Å². The molecule has 0 bridgehead atoms. The molecule has 0 amide bonds. The van der Waals surface area contributed by atoms with Crippen LogP contribution in [0, 0.1) is 36.4 Å². The monoisotopic (exact) mass is 1940 g/mol. The summed E-state index contributed by atoms with van der Waals surface area (Å²) in [5.41, 5.74) is 17.6. The summed E-state index contributed by atoms with van der Waals surface area (Å²) in [6.45, 7) is 10.3. The predicted octanol–water partition coefficient (Wildman–Crippen LogP) is 5.23. The summed E-state index contributed by atoms with van der Waals surface area (Å²) in [5, 5.41) is 40.2. The van der Waals surface area contributed by atoms with Crippen molar-refractivity contribution in [2.75, 3.05) is 106 Å². The van der Waals surface area contributed by atoms with Crippen LogP contribution in [0.2, 0.25) is 0 Å². The minimum atomic E-state index is 0. The van der Waals surface area contributed by atoms with Crippen molar-refractivity contribution in [3.63, 3.8) is 0 Å². The maximum absolute atomic E-state index is 5.75. The Morgan fingerprint density at radius 2 is 0.727 bits per heavy atom. The Balaban J connectivity index is 0.000000244. The standard InChI is InChI=1S/C40H42N6S2.C38H38N6O4S2.C20H13N3S.6K/c1-3-5-7-13-25-45(39-43-35-21-9-11-23-37(35)47-39)41-29-31-17-15-19-33(27-31)34-20-16-18-32(28-34)30-42-46(26-14-8-6-4-2)40-44-36-22-10-12-24-38(36)48-40;1-45-21-23-47-19-17-43(37-41-33-13-3-5-15-35(33)49-37)39-27-29-9-7-11-31(25-29)32-12-8-10-30(26-32)28-40-44(18-20-48-24-22-46-2)38-42-34-14-4-6-16-36(34)50-38;1-2-6-15(7-3-1)13-21-23-20-22-19(14-24-20)18-11-10-16-8-4-5-9-17(16)12-18;;;;;;/h9-12,15-16,19-24,27-30H,3-8,13-14,25-26H2,1-2H3;3-8,11-16,25-28H,17-24H2,1-2H3;1-2,4-5,7-14H,(H,22,23);;;;;;/q3*-2;6*+1/b41-29+,42-30+;39-27+,40-28+;21-13+;;;;;;. The van der Waals surface area contributed by atoms with Crippen molar-refractivity contribution in [2.45, 2.75) is 65.2 Å². The molecule has 0 fully saturated rings. The Morgan fingerprint density at radius 1 is 0.352 bits per heavy atom. The summed E-state index contributed by atoms with van der Waals surface area (Å²) in [5.74, 6) is 0. The molecule has 0 spiro atoms. The average molecular weight is 1940 g/mol. The Labute approximate surface area is 1030 Å². The van der Waals surface area contributed by atoms with Gasteiger partial charge in [-0.15, -0.1) is 153 Å². The van der Waals surface area contributed by atoms with Crippen molar-refractivity contribution in [3.8, 4) is 33.5 Å². The van der Waals surface area contributed by atoms with Gasteiger partial charge in [-0.1, -0.05) is 189 Å². The third kappa shape index (κ3) is 35.1. The Hall–Kier alpha value is -2.12. The third-order valence-electron chi connectivity index (χ3n) is 19.1. The minimum Gasteiger partial charge on any atom is -0.382 e. The molecule has 0 unspecified atom stereocenters. The second-order valence-electron chi connectivity index (χ2n) is 28.0. The van der Waals surface area contributed by atoms with Crippen LogP contribution in [0.3, 0.4) is 0 Å². The molecule has 0 saturated heterocycles. The molecule has 0 saturated carbocycles. The topological polar surface area (TPSA) is 188 Å². The normalized spacial score (nSPS) is 11.1. The molecule has 0 aliphatic carbocycles. The smallest absolute Gasteiger partial charge is 0.382 e. The number of unbranched alkanes of at least 4 members (excludes halogenated alkanes) is 6. The molecule has 620 valence electrons. The van der Waals surface area contributed by atoms with Crippen LogP contribution >= 0.6 is 56.7 Å². The number of anilines is 5. The van der Waals surface area contributed by atoms with E-state index in [1.807, 2.05) is 159 Å². The Morgan fingerprint density at radius 3 is 1.10 bits per heavy atom. The molecule has 11 aromatic carbocycles. The van der Waals surface area contributed by atoms with Gasteiger partial charge >= 0.3 is 308 Å². The van der Waals surface area contributed by atoms with Gasteiger partial charge in [0.25, 0.3) is 0 Å². The van der Waals surface area contributed by atoms with Crippen molar-refractivity contribution in [1.29, 1.82) is 0 Å². The number of hydrogen-bond donors (Lipinski definition) is 1. The van der Waals surface area contributed by atoms with Gasteiger partial charge in [0.05, 0.1) is 99.3 Å². The summed E-state index contributed by atoms with van der Waals surface area (Å²) in [6.07, 6.45) is 18.5. The Bertz CT molecular complexity index is 5720. The summed E-state index contributed by atoms with van der Waals surface area (Å²) >= 11 is 8.10. The number of benzene rings is 11. The van der Waals surface area contributed by atoms with E-state index in [2.05, 4.69) is 181 Å². The van der Waals surface area contributed by atoms with Gasteiger partial charge in [-0.3, -0.25) is 35.8 Å². The average Bonchev–Trinajstić information content (AvgIpc) is 1.62. The fraction of sp³-hybridized carbons (Fsp3) is 0.224. The van der Waals surface area contributed by atoms with Gasteiger partial charge in [-0.25, -0.2) is 76.0 Å². The minimum absolute atomic E-state index is 0. The van der Waals surface area contributed by atoms with E-state index < -0.39 is 0 Å². The van der Waals surface area contributed by atoms with Gasteiger partial charge in [-0.2, -0.15) is 0 Å². The molecule has 0 radical (unpaired) electrons. The zero-order valence-electron chi connectivity index (χ0n) is 74.6. The fourth-order valence-electron chi connectivity index (χ4n) is 12.7. The maximum atomic E-state index is 5.75. The van der Waals surface area contributed by atoms with Crippen LogP contribution in [-0.4, -0.2) is 136 Å². The molecule has 0 aliphatic rings. The second-order valence-corrected chi connectivity index (χ2v) is 32.9. The first kappa shape index (κ1) is 111. The maximum Gasteiger partial charge on any atom is 1.00 e. The van der Waals surface area contributed by atoms with Crippen LogP contribution in [0.1, 0.15) is 93.0 Å². The number of nitrogens with zero attached hydrogens (tertiary/aromatic N) is 14. The zero-order valence-corrected chi connectivity index (χ0v) is 97.4. The van der Waals surface area contributed by atoms with E-state index in [0.717, 1.165) is 144 Å². The van der Waals surface area contributed by atoms with E-state index in [0.29, 0.717) is 52.7 Å². The number of para-hydroxylation sites is 4. The number of aromatic nitrogens is 5. The van der Waals surface area contributed by atoms with Crippen LogP contribution in [-0.2, 0) is 18.9 Å². The summed E-state index contributed by atoms with van der Waals surface area (Å²) in [7, 11) is 3.33. The van der Waals surface area contributed by atoms with E-state index in [1.54, 1.807) is 71.8 Å². The third-order valence-corrected chi connectivity index (χ3v) is 24.1. The molecular weight excluding hydrogens is 1850 g/mol. The van der Waals surface area contributed by atoms with E-state index in [4.69, 9.17) is 59.3 Å². The largest absolute Gasteiger partial charge is 1.00 e. The van der Waals surface area contributed by atoms with E-state index >= 15 is 0 Å². The van der Waals surface area contributed by atoms with Crippen molar-refractivity contribution >= 4 is 165 Å². The number of thiazole rings is 5. The first-order chi connectivity index (χ1) is 60.3. The molecule has 128 heavy (non-hydrogen) atoms. The van der Waals surface area contributed by atoms with Gasteiger partial charge in [0, 0.05) is 38.3 Å². The zero-order chi connectivity index (χ0) is 83.5. The summed E-state index contributed by atoms with van der Waals surface area (Å²) in [4.78, 5) is 24.0. The van der Waals surface area contributed by atoms with E-state index in [-0.39, 0.29) is 308 Å². The molecule has 19 nitrogen and oxygen atoms in total. The predicted molar refractivity (Wildman–Crippen MR) is 511 cm³/mol. The van der Waals surface area contributed by atoms with Gasteiger partial charge in [0.1, 0.15) is 0 Å². The first-order valence-electron chi connectivity index (χ1n) is 40.8. The fourth-order valence-corrected chi connectivity index (χ4v) is 17.2. The van der Waals surface area contributed by atoms with Crippen molar-refractivity contribution in [3.05, 3.63) is 300 Å². The first-order valence-corrected chi connectivity index (χ1v) is 44.9. The molecular formula is C98H93K6N15O4S5. The summed E-state index contributed by atoms with van der Waals surface area (Å²) < 4.78 is 26.3. The SMILES string of the molecule is CCCCCCN(/N=C/c1[c-]ccc(-c2cc[c-]c(/C=N/N(CCCCCC)c3nc4ccccc4s3)c2)c1)c1nc2ccccc2s1.COCCOCCN(/N=C/c1[c-]ccc(-c2cc[c-]c(/C=N/N(CCOCCOC)c3nc4ccccc4s3)c2)c1)c1nc2ccccc2s1.[K+].[K+].[K+].[K+].[K+].[K+].[c-]1cc[c-]c(/C=N/Nc2nc(-c3ccc4ccccc4c3)cs2)c1. The van der Waals surface area contributed by atoms with Crippen LogP contribution in [0.25, 0.3) is 85.2 Å². The quantitative estimate of drug-likeness (QED) is 0.0173. The molecule has 0 aliphatic heterocycles. The molecule has 30 heteroatoms. The van der Waals surface area contributed by atoms with E-state index in [9.17, 15) is 0 Å². The molecule has 16 aromatic rings. The molecule has 1 N–H and O–H groups in total. The summed E-state index contributed by atoms with van der Waals surface area (Å²) in [6, 6.07) is 96.7. The van der Waals surface area contributed by atoms with Crippen LogP contribution < -0.4 is 334 Å². The van der Waals surface area contributed by atoms with Crippen LogP contribution in [0.4, 0.5) is 25.7 Å². The Kier molecular flexibility index (Phi) is 53.8. The number of nitrogens with one attached hydrogen (secondary N) is 1. The molecule has 5 heterocycles. The molecule has 0 atom stereocenters. The van der Waals surface area contributed by atoms with Gasteiger partial charge in [0.2, 0.25) is 25.7 Å². The number of fused-ring (bicyclic) bond motifs is 5. The van der Waals surface area contributed by atoms with Crippen LogP contribution in [0.15, 0.2) is 261 Å². The van der Waals surface area contributed by atoms with Crippen LogP contribution in [0.5, 0.6) is 0 Å². The number of hydrogen-bond acceptors (Lipinski definition) is 24. The number of methoxy groups -OCH3 is 2. The molecule has 16 rings (SSSR count). The van der Waals surface area contributed by atoms with Crippen molar-refractivity contribution in [1.82, 2.24) is 24.9 Å². The van der Waals surface area contributed by atoms with Gasteiger partial charge < -0.3 is 18.9 Å². The molecule has 5 aromatic heterocycles. The number of hydrazone groups is 5. The van der Waals surface area contributed by atoms with Crippen molar-refractivity contribution < 1.29 is 327 Å². The van der Waals surface area contributed by atoms with E-state index in [1.165, 1.54) is 70.0 Å². The van der Waals surface area contributed by atoms with Gasteiger partial charge in [0.15, 0.2) is 0 Å². The number of ether oxygens (including phenoxy) is 4.